The van der Waals surface area contributed by atoms with Crippen molar-refractivity contribution < 1.29 is 8.42 Å². The topological polar surface area (TPSA) is 62.3 Å². The number of aromatic nitrogens is 1. The first-order valence-electron chi connectivity index (χ1n) is 6.18. The number of fused-ring (bicyclic) bond motifs is 1. The monoisotopic (exact) mass is 391 g/mol. The van der Waals surface area contributed by atoms with Crippen LogP contribution in [0.2, 0.25) is 5.02 Å². The van der Waals surface area contributed by atoms with Gasteiger partial charge in [-0.2, -0.15) is 0 Å². The fourth-order valence-electron chi connectivity index (χ4n) is 1.87. The molecule has 0 atom stereocenters. The zero-order chi connectivity index (χ0) is 15.6. The second-order valence-corrected chi connectivity index (χ2v) is 7.87. The van der Waals surface area contributed by atoms with Crippen molar-refractivity contribution in [2.45, 2.75) is 0 Å². The van der Waals surface area contributed by atoms with Crippen molar-refractivity contribution in [3.05, 3.63) is 33.8 Å². The molecule has 0 aliphatic rings. The van der Waals surface area contributed by atoms with E-state index in [1.165, 1.54) is 0 Å². The Morgan fingerprint density at radius 1 is 1.38 bits per heavy atom. The summed E-state index contributed by atoms with van der Waals surface area (Å²) < 4.78 is 25.4. The summed E-state index contributed by atoms with van der Waals surface area (Å²) in [4.78, 5) is 6.40. The van der Waals surface area contributed by atoms with Gasteiger partial charge in [0.2, 0.25) is 10.0 Å². The fourth-order valence-corrected chi connectivity index (χ4v) is 3.21. The Kier molecular flexibility index (Phi) is 5.08. The molecule has 0 aliphatic heterocycles. The van der Waals surface area contributed by atoms with Crippen molar-refractivity contribution in [1.82, 2.24) is 9.71 Å². The molecule has 2 rings (SSSR count). The van der Waals surface area contributed by atoms with Gasteiger partial charge in [-0.25, -0.2) is 18.1 Å². The molecule has 21 heavy (non-hydrogen) atoms. The van der Waals surface area contributed by atoms with E-state index in [2.05, 4.69) is 25.6 Å². The molecular weight excluding hydrogens is 378 g/mol. The third kappa shape index (κ3) is 4.54. The number of pyridine rings is 1. The van der Waals surface area contributed by atoms with Crippen LogP contribution in [0.15, 0.2) is 28.7 Å². The second kappa shape index (κ2) is 6.48. The predicted molar refractivity (Wildman–Crippen MR) is 90.6 cm³/mol. The highest BCUT2D eigenvalue weighted by molar-refractivity contribution is 9.10. The van der Waals surface area contributed by atoms with Gasteiger partial charge in [0, 0.05) is 30.0 Å². The first-order chi connectivity index (χ1) is 9.76. The minimum Gasteiger partial charge on any atom is -0.358 e. The molecule has 0 fully saturated rings. The van der Waals surface area contributed by atoms with Gasteiger partial charge >= 0.3 is 0 Å². The third-order valence-corrected chi connectivity index (χ3v) is 4.37. The molecule has 1 aromatic heterocycles. The van der Waals surface area contributed by atoms with Crippen molar-refractivity contribution in [3.63, 3.8) is 0 Å². The molecule has 0 bridgehead atoms. The lowest BCUT2D eigenvalue weighted by Gasteiger charge is -2.18. The minimum atomic E-state index is -3.17. The number of rotatable bonds is 5. The Labute approximate surface area is 137 Å². The highest BCUT2D eigenvalue weighted by Crippen LogP contribution is 2.28. The van der Waals surface area contributed by atoms with Crippen LogP contribution in [-0.4, -0.2) is 39.8 Å². The molecule has 114 valence electrons. The quantitative estimate of drug-likeness (QED) is 0.850. The van der Waals surface area contributed by atoms with Crippen LogP contribution >= 0.6 is 27.5 Å². The number of hydrogen-bond donors (Lipinski definition) is 1. The van der Waals surface area contributed by atoms with Gasteiger partial charge in [0.1, 0.15) is 5.82 Å². The van der Waals surface area contributed by atoms with Gasteiger partial charge in [0.25, 0.3) is 0 Å². The van der Waals surface area contributed by atoms with E-state index in [0.29, 0.717) is 18.1 Å². The summed E-state index contributed by atoms with van der Waals surface area (Å²) in [6.45, 7) is 0.836. The zero-order valence-electron chi connectivity index (χ0n) is 11.6. The van der Waals surface area contributed by atoms with E-state index in [1.54, 1.807) is 6.07 Å². The fraction of sp³-hybridized carbons (Fsp3) is 0.308. The van der Waals surface area contributed by atoms with Gasteiger partial charge in [-0.15, -0.1) is 0 Å². The van der Waals surface area contributed by atoms with Gasteiger partial charge in [-0.1, -0.05) is 27.5 Å². The van der Waals surface area contributed by atoms with Crippen LogP contribution in [0, 0.1) is 0 Å². The molecule has 5 nitrogen and oxygen atoms in total. The van der Waals surface area contributed by atoms with Gasteiger partial charge in [0.05, 0.1) is 16.8 Å². The third-order valence-electron chi connectivity index (χ3n) is 2.90. The first kappa shape index (κ1) is 16.5. The second-order valence-electron chi connectivity index (χ2n) is 4.72. The maximum Gasteiger partial charge on any atom is 0.208 e. The van der Waals surface area contributed by atoms with Crippen LogP contribution in [0.3, 0.4) is 0 Å². The summed E-state index contributed by atoms with van der Waals surface area (Å²) in [5.74, 6) is 0.738. The van der Waals surface area contributed by atoms with E-state index in [4.69, 9.17) is 11.6 Å². The van der Waals surface area contributed by atoms with Crippen LogP contribution in [0.1, 0.15) is 0 Å². The Hall–Kier alpha value is -0.890. The van der Waals surface area contributed by atoms with Crippen molar-refractivity contribution in [1.29, 1.82) is 0 Å². The molecule has 1 N–H and O–H groups in total. The summed E-state index contributed by atoms with van der Waals surface area (Å²) in [6.07, 6.45) is 1.14. The number of anilines is 1. The first-order valence-corrected chi connectivity index (χ1v) is 9.24. The number of hydrogen-bond acceptors (Lipinski definition) is 4. The summed E-state index contributed by atoms with van der Waals surface area (Å²) >= 11 is 9.60. The van der Waals surface area contributed by atoms with Crippen molar-refractivity contribution >= 4 is 54.3 Å². The highest BCUT2D eigenvalue weighted by Gasteiger charge is 2.08. The van der Waals surface area contributed by atoms with Crippen molar-refractivity contribution in [2.75, 3.05) is 31.3 Å². The Morgan fingerprint density at radius 3 is 2.76 bits per heavy atom. The summed E-state index contributed by atoms with van der Waals surface area (Å²) in [7, 11) is -1.32. The number of halogens is 2. The summed E-state index contributed by atoms with van der Waals surface area (Å²) in [5.41, 5.74) is 0.722. The molecule has 2 aromatic rings. The van der Waals surface area contributed by atoms with Crippen LogP contribution in [0.4, 0.5) is 5.82 Å². The summed E-state index contributed by atoms with van der Waals surface area (Å²) in [5, 5.41) is 1.52. The maximum atomic E-state index is 11.0. The van der Waals surface area contributed by atoms with E-state index in [0.717, 1.165) is 27.4 Å². The number of nitrogens with one attached hydrogen (secondary N) is 1. The largest absolute Gasteiger partial charge is 0.358 e. The van der Waals surface area contributed by atoms with E-state index >= 15 is 0 Å². The molecule has 0 spiro atoms. The van der Waals surface area contributed by atoms with Crippen molar-refractivity contribution in [3.8, 4) is 0 Å². The lowest BCUT2D eigenvalue weighted by molar-refractivity contribution is 0.587. The molecule has 8 heteroatoms. The molecule has 0 saturated heterocycles. The molecule has 0 saturated carbocycles. The van der Waals surface area contributed by atoms with Gasteiger partial charge in [-0.05, 0) is 24.3 Å². The number of nitrogens with zero attached hydrogens (tertiary/aromatic N) is 2. The molecular formula is C13H15BrClN3O2S. The lowest BCUT2D eigenvalue weighted by Crippen LogP contribution is -2.32. The highest BCUT2D eigenvalue weighted by atomic mass is 79.9. The Balaban J connectivity index is 2.18. The Morgan fingerprint density at radius 2 is 2.10 bits per heavy atom. The molecule has 1 heterocycles. The normalized spacial score (nSPS) is 11.8. The van der Waals surface area contributed by atoms with Crippen LogP contribution in [-0.2, 0) is 10.0 Å². The van der Waals surface area contributed by atoms with Crippen molar-refractivity contribution in [2.24, 2.45) is 0 Å². The minimum absolute atomic E-state index is 0.323. The number of benzene rings is 1. The SMILES string of the molecule is CN(CCNS(C)(=O)=O)c1ccc2cc(Br)cc(Cl)c2n1. The van der Waals surface area contributed by atoms with E-state index in [-0.39, 0.29) is 0 Å². The summed E-state index contributed by atoms with van der Waals surface area (Å²) in [6, 6.07) is 7.56. The molecule has 0 amide bonds. The van der Waals surface area contributed by atoms with Gasteiger partial charge in [0.15, 0.2) is 0 Å². The molecule has 1 aromatic carbocycles. The van der Waals surface area contributed by atoms with E-state index in [1.807, 2.05) is 30.1 Å². The van der Waals surface area contributed by atoms with Gasteiger partial charge < -0.3 is 4.90 Å². The predicted octanol–water partition coefficient (Wildman–Crippen LogP) is 2.64. The smallest absolute Gasteiger partial charge is 0.208 e. The molecule has 0 radical (unpaired) electrons. The molecule has 0 aliphatic carbocycles. The zero-order valence-corrected chi connectivity index (χ0v) is 14.8. The standard InChI is InChI=1S/C13H15BrClN3O2S/c1-18(6-5-16-21(2,19)20)12-4-3-9-7-10(14)8-11(15)13(9)17-12/h3-4,7-8,16H,5-6H2,1-2H3. The van der Waals surface area contributed by atoms with Crippen LogP contribution < -0.4 is 9.62 Å². The number of likely N-dealkylation sites (N-methyl/N-ethyl adjacent to an activating group) is 1. The molecule has 0 unspecified atom stereocenters. The van der Waals surface area contributed by atoms with Crippen LogP contribution in [0.25, 0.3) is 10.9 Å². The number of sulfonamides is 1. The van der Waals surface area contributed by atoms with Crippen LogP contribution in [0.5, 0.6) is 0 Å². The van der Waals surface area contributed by atoms with Gasteiger partial charge in [-0.3, -0.25) is 0 Å². The lowest BCUT2D eigenvalue weighted by atomic mass is 10.2. The Bertz CT molecular complexity index is 767. The average molecular weight is 393 g/mol. The maximum absolute atomic E-state index is 11.0. The average Bonchev–Trinajstić information content (AvgIpc) is 2.36. The van der Waals surface area contributed by atoms with E-state index < -0.39 is 10.0 Å². The van der Waals surface area contributed by atoms with E-state index in [9.17, 15) is 8.42 Å².